The van der Waals surface area contributed by atoms with Crippen LogP contribution in [-0.2, 0) is 4.74 Å². The quantitative estimate of drug-likeness (QED) is 0.390. The highest BCUT2D eigenvalue weighted by Crippen LogP contribution is 2.72. The molecule has 1 spiro atoms. The van der Waals surface area contributed by atoms with Gasteiger partial charge in [-0.1, -0.05) is 13.8 Å². The first-order chi connectivity index (χ1) is 11.8. The second-order valence-corrected chi connectivity index (χ2v) is 11.0. The summed E-state index contributed by atoms with van der Waals surface area (Å²) in [6, 6.07) is 0. The van der Waals surface area contributed by atoms with E-state index in [-0.39, 0.29) is 24.0 Å². The van der Waals surface area contributed by atoms with Crippen LogP contribution in [0.3, 0.4) is 0 Å². The molecule has 4 saturated carbocycles. The van der Waals surface area contributed by atoms with Gasteiger partial charge in [0.25, 0.3) is 0 Å². The summed E-state index contributed by atoms with van der Waals surface area (Å²) in [4.78, 5) is 0. The van der Waals surface area contributed by atoms with E-state index < -0.39 is 45.8 Å². The SMILES string of the molecule is CC1(C)[C@H]2O[C@H]2[C@H]2[C@](C)(O)[C@@H]3CC[C@@H]4C[C@]3(C[C@@]4(C)O)[C@H](O)[C@@H](O)[C@@]21O. The Morgan fingerprint density at radius 1 is 0.923 bits per heavy atom. The van der Waals surface area contributed by atoms with Crippen molar-refractivity contribution < 1.29 is 30.3 Å². The molecule has 1 heterocycles. The summed E-state index contributed by atoms with van der Waals surface area (Å²) in [6.07, 6.45) is -0.752. The molecule has 5 rings (SSSR count). The minimum Gasteiger partial charge on any atom is -0.390 e. The highest BCUT2D eigenvalue weighted by Gasteiger charge is 2.83. The molecule has 6 nitrogen and oxygen atoms in total. The Bertz CT molecular complexity index is 659. The van der Waals surface area contributed by atoms with Crippen molar-refractivity contribution in [1.82, 2.24) is 0 Å². The van der Waals surface area contributed by atoms with Crippen molar-refractivity contribution in [3.63, 3.8) is 0 Å². The van der Waals surface area contributed by atoms with Crippen LogP contribution in [-0.4, -0.2) is 66.8 Å². The summed E-state index contributed by atoms with van der Waals surface area (Å²) >= 11 is 0. The van der Waals surface area contributed by atoms with E-state index in [2.05, 4.69) is 0 Å². The summed E-state index contributed by atoms with van der Waals surface area (Å²) in [5, 5.41) is 57.1. The van der Waals surface area contributed by atoms with E-state index in [0.717, 1.165) is 6.42 Å². The lowest BCUT2D eigenvalue weighted by Gasteiger charge is -2.50. The fraction of sp³-hybridized carbons (Fsp3) is 1.00. The van der Waals surface area contributed by atoms with E-state index in [9.17, 15) is 25.5 Å². The minimum atomic E-state index is -1.64. The van der Waals surface area contributed by atoms with Crippen LogP contribution in [0, 0.1) is 28.6 Å². The zero-order chi connectivity index (χ0) is 19.1. The topological polar surface area (TPSA) is 114 Å². The fourth-order valence-corrected chi connectivity index (χ4v) is 8.15. The average molecular weight is 368 g/mol. The molecule has 5 aliphatic rings. The third kappa shape index (κ3) is 1.64. The number of epoxide rings is 1. The van der Waals surface area contributed by atoms with Crippen LogP contribution in [0.1, 0.15) is 53.4 Å². The Labute approximate surface area is 154 Å². The van der Waals surface area contributed by atoms with Crippen LogP contribution < -0.4 is 0 Å². The Morgan fingerprint density at radius 2 is 1.58 bits per heavy atom. The largest absolute Gasteiger partial charge is 0.390 e. The maximum atomic E-state index is 11.8. The molecule has 5 fully saturated rings. The van der Waals surface area contributed by atoms with E-state index in [1.54, 1.807) is 13.8 Å². The monoisotopic (exact) mass is 368 g/mol. The fourth-order valence-electron chi connectivity index (χ4n) is 8.15. The van der Waals surface area contributed by atoms with Gasteiger partial charge in [-0.25, -0.2) is 0 Å². The molecule has 0 radical (unpaired) electrons. The molecule has 148 valence electrons. The van der Waals surface area contributed by atoms with Gasteiger partial charge in [0.1, 0.15) is 11.7 Å². The molecule has 4 aliphatic carbocycles. The van der Waals surface area contributed by atoms with Gasteiger partial charge < -0.3 is 30.3 Å². The maximum Gasteiger partial charge on any atom is 0.110 e. The Balaban J connectivity index is 1.71. The first-order valence-corrected chi connectivity index (χ1v) is 10.0. The van der Waals surface area contributed by atoms with Crippen LogP contribution >= 0.6 is 0 Å². The van der Waals surface area contributed by atoms with Crippen molar-refractivity contribution in [2.24, 2.45) is 28.6 Å². The van der Waals surface area contributed by atoms with Crippen LogP contribution in [0.4, 0.5) is 0 Å². The number of aliphatic hydroxyl groups excluding tert-OH is 2. The second kappa shape index (κ2) is 4.50. The van der Waals surface area contributed by atoms with Gasteiger partial charge in [0, 0.05) is 16.7 Å². The summed E-state index contributed by atoms with van der Waals surface area (Å²) in [5.41, 5.74) is -5.44. The molecule has 0 amide bonds. The lowest BCUT2D eigenvalue weighted by Crippen LogP contribution is -2.64. The maximum absolute atomic E-state index is 11.8. The zero-order valence-electron chi connectivity index (χ0n) is 16.0. The molecule has 1 saturated heterocycles. The summed E-state index contributed by atoms with van der Waals surface area (Å²) < 4.78 is 5.81. The van der Waals surface area contributed by atoms with Crippen LogP contribution in [0.15, 0.2) is 0 Å². The molecule has 0 aromatic carbocycles. The summed E-state index contributed by atoms with van der Waals surface area (Å²) in [6.45, 7) is 7.24. The lowest BCUT2D eigenvalue weighted by atomic mass is 9.58. The van der Waals surface area contributed by atoms with Gasteiger partial charge >= 0.3 is 0 Å². The van der Waals surface area contributed by atoms with Gasteiger partial charge in [-0.2, -0.15) is 0 Å². The molecule has 2 bridgehead atoms. The number of rotatable bonds is 0. The van der Waals surface area contributed by atoms with E-state index in [1.807, 2.05) is 13.8 Å². The van der Waals surface area contributed by atoms with Crippen molar-refractivity contribution in [3.8, 4) is 0 Å². The van der Waals surface area contributed by atoms with Gasteiger partial charge in [0.05, 0.1) is 29.5 Å². The second-order valence-electron chi connectivity index (χ2n) is 11.0. The first-order valence-electron chi connectivity index (χ1n) is 10.0. The number of hydrogen-bond donors (Lipinski definition) is 5. The van der Waals surface area contributed by atoms with E-state index in [0.29, 0.717) is 19.3 Å². The summed E-state index contributed by atoms with van der Waals surface area (Å²) in [5.74, 6) is -0.921. The van der Waals surface area contributed by atoms with Crippen molar-refractivity contribution in [2.45, 2.75) is 94.6 Å². The van der Waals surface area contributed by atoms with Crippen molar-refractivity contribution in [3.05, 3.63) is 0 Å². The Hall–Kier alpha value is -0.240. The molecule has 11 atom stereocenters. The number of hydrogen-bond acceptors (Lipinski definition) is 6. The molecule has 0 aromatic heterocycles. The van der Waals surface area contributed by atoms with Gasteiger partial charge in [-0.3, -0.25) is 0 Å². The van der Waals surface area contributed by atoms with E-state index in [4.69, 9.17) is 4.74 Å². The van der Waals surface area contributed by atoms with E-state index in [1.165, 1.54) is 0 Å². The molecule has 26 heavy (non-hydrogen) atoms. The van der Waals surface area contributed by atoms with Crippen molar-refractivity contribution in [1.29, 1.82) is 0 Å². The molecular formula is C20H32O6. The number of aliphatic hydroxyl groups is 5. The molecule has 6 heteroatoms. The highest BCUT2D eigenvalue weighted by atomic mass is 16.6. The van der Waals surface area contributed by atoms with Crippen LogP contribution in [0.25, 0.3) is 0 Å². The molecule has 0 unspecified atom stereocenters. The van der Waals surface area contributed by atoms with Gasteiger partial charge in [-0.15, -0.1) is 0 Å². The zero-order valence-corrected chi connectivity index (χ0v) is 16.0. The van der Waals surface area contributed by atoms with Crippen molar-refractivity contribution in [2.75, 3.05) is 0 Å². The van der Waals surface area contributed by atoms with Gasteiger partial charge in [0.15, 0.2) is 0 Å². The first kappa shape index (κ1) is 17.8. The molecule has 0 aromatic rings. The average Bonchev–Trinajstić information content (AvgIpc) is 3.24. The van der Waals surface area contributed by atoms with Crippen molar-refractivity contribution >= 4 is 0 Å². The third-order valence-corrected chi connectivity index (χ3v) is 9.44. The summed E-state index contributed by atoms with van der Waals surface area (Å²) in [7, 11) is 0. The third-order valence-electron chi connectivity index (χ3n) is 9.44. The Morgan fingerprint density at radius 3 is 2.23 bits per heavy atom. The number of ether oxygens (including phenoxy) is 1. The minimum absolute atomic E-state index is 0.0434. The highest BCUT2D eigenvalue weighted by molar-refractivity contribution is 5.32. The predicted molar refractivity (Wildman–Crippen MR) is 92.0 cm³/mol. The number of fused-ring (bicyclic) bond motifs is 4. The predicted octanol–water partition coefficient (Wildman–Crippen LogP) is 0.185. The Kier molecular flexibility index (Phi) is 3.08. The van der Waals surface area contributed by atoms with E-state index >= 15 is 0 Å². The normalized spacial score (nSPS) is 68.0. The molecule has 1 aliphatic heterocycles. The van der Waals surface area contributed by atoms with Crippen LogP contribution in [0.2, 0.25) is 0 Å². The molecule has 5 N–H and O–H groups in total. The lowest BCUT2D eigenvalue weighted by molar-refractivity contribution is -0.232. The smallest absolute Gasteiger partial charge is 0.110 e. The molecular weight excluding hydrogens is 336 g/mol. The standard InChI is InChI=1S/C20H32O6/c1-16(2)15-11(26-15)12-18(4,24)10-6-5-9-7-19(10,8-17(9,3)23)13(21)14(22)20(12,16)25/h9-15,21-25H,5-8H2,1-4H3/t9-,10+,11+,12+,13-,14-,15+,17-,18-,19-,20+/m1/s1. The van der Waals surface area contributed by atoms with Gasteiger partial charge in [-0.05, 0) is 51.4 Å². The van der Waals surface area contributed by atoms with Crippen LogP contribution in [0.5, 0.6) is 0 Å². The van der Waals surface area contributed by atoms with Gasteiger partial charge in [0.2, 0.25) is 0 Å².